The lowest BCUT2D eigenvalue weighted by Gasteiger charge is -2.17. The highest BCUT2D eigenvalue weighted by Gasteiger charge is 2.25. The summed E-state index contributed by atoms with van der Waals surface area (Å²) < 4.78 is 0. The molecule has 1 aromatic rings. The number of benzene rings is 1. The monoisotopic (exact) mass is 232 g/mol. The maximum Gasteiger partial charge on any atom is 0.310 e. The summed E-state index contributed by atoms with van der Waals surface area (Å²) in [6.45, 7) is 2.02. The first kappa shape index (κ1) is 12.2. The van der Waals surface area contributed by atoms with E-state index in [9.17, 15) is 9.90 Å². The molecule has 2 heteroatoms. The van der Waals surface area contributed by atoms with Crippen molar-refractivity contribution in [2.75, 3.05) is 0 Å². The lowest BCUT2D eigenvalue weighted by molar-refractivity contribution is -0.139. The van der Waals surface area contributed by atoms with Gasteiger partial charge in [-0.25, -0.2) is 0 Å². The topological polar surface area (TPSA) is 37.3 Å². The molecule has 2 nitrogen and oxygen atoms in total. The smallest absolute Gasteiger partial charge is 0.310 e. The Kier molecular flexibility index (Phi) is 3.82. The quantitative estimate of drug-likeness (QED) is 0.858. The number of aryl methyl sites for hydroxylation is 1. The summed E-state index contributed by atoms with van der Waals surface area (Å²) in [6, 6.07) is 7.92. The van der Waals surface area contributed by atoms with Crippen molar-refractivity contribution >= 4 is 5.97 Å². The fourth-order valence-electron chi connectivity index (χ4n) is 2.76. The molecule has 92 valence electrons. The normalized spacial score (nSPS) is 18.2. The van der Waals surface area contributed by atoms with Gasteiger partial charge < -0.3 is 5.11 Å². The molecule has 2 rings (SSSR count). The van der Waals surface area contributed by atoms with Crippen molar-refractivity contribution in [2.24, 2.45) is 5.92 Å². The average Bonchev–Trinajstić information content (AvgIpc) is 2.80. The molecular weight excluding hydrogens is 212 g/mol. The first-order valence-corrected chi connectivity index (χ1v) is 6.46. The van der Waals surface area contributed by atoms with E-state index in [4.69, 9.17) is 0 Å². The Morgan fingerprint density at radius 1 is 1.29 bits per heavy atom. The minimum Gasteiger partial charge on any atom is -0.481 e. The van der Waals surface area contributed by atoms with Crippen molar-refractivity contribution in [3.8, 4) is 0 Å². The number of hydrogen-bond donors (Lipinski definition) is 1. The summed E-state index contributed by atoms with van der Waals surface area (Å²) in [5.74, 6) is -0.392. The Morgan fingerprint density at radius 2 is 1.88 bits per heavy atom. The largest absolute Gasteiger partial charge is 0.481 e. The molecule has 0 amide bonds. The third-order valence-corrected chi connectivity index (χ3v) is 3.82. The van der Waals surface area contributed by atoms with Crippen molar-refractivity contribution in [1.29, 1.82) is 0 Å². The molecule has 0 saturated heterocycles. The van der Waals surface area contributed by atoms with E-state index >= 15 is 0 Å². The Morgan fingerprint density at radius 3 is 2.41 bits per heavy atom. The highest BCUT2D eigenvalue weighted by Crippen LogP contribution is 2.34. The summed E-state index contributed by atoms with van der Waals surface area (Å²) in [5.41, 5.74) is 2.13. The molecule has 0 aliphatic heterocycles. The van der Waals surface area contributed by atoms with Crippen LogP contribution < -0.4 is 0 Å². The van der Waals surface area contributed by atoms with Gasteiger partial charge in [0.15, 0.2) is 0 Å². The van der Waals surface area contributed by atoms with Crippen LogP contribution in [0.5, 0.6) is 0 Å². The molecule has 1 fully saturated rings. The number of hydrogen-bond acceptors (Lipinski definition) is 1. The van der Waals surface area contributed by atoms with E-state index in [2.05, 4.69) is 0 Å². The average molecular weight is 232 g/mol. The molecule has 1 aliphatic rings. The van der Waals surface area contributed by atoms with Gasteiger partial charge >= 0.3 is 5.97 Å². The molecule has 0 spiro atoms. The lowest BCUT2D eigenvalue weighted by atomic mass is 9.88. The second-order valence-electron chi connectivity index (χ2n) is 5.19. The van der Waals surface area contributed by atoms with Crippen LogP contribution >= 0.6 is 0 Å². The van der Waals surface area contributed by atoms with Gasteiger partial charge in [-0.05, 0) is 24.8 Å². The Labute approximate surface area is 103 Å². The SMILES string of the molecule is Cc1ccc(C(CC2CCCC2)C(=O)O)cc1. The number of carboxylic acid groups (broad SMARTS) is 1. The van der Waals surface area contributed by atoms with Crippen LogP contribution in [0.3, 0.4) is 0 Å². The fraction of sp³-hybridized carbons (Fsp3) is 0.533. The van der Waals surface area contributed by atoms with E-state index in [-0.39, 0.29) is 5.92 Å². The van der Waals surface area contributed by atoms with Crippen LogP contribution in [0, 0.1) is 12.8 Å². The highest BCUT2D eigenvalue weighted by molar-refractivity contribution is 5.76. The molecule has 0 heterocycles. The zero-order valence-electron chi connectivity index (χ0n) is 10.4. The molecule has 17 heavy (non-hydrogen) atoms. The van der Waals surface area contributed by atoms with Gasteiger partial charge in [0, 0.05) is 0 Å². The summed E-state index contributed by atoms with van der Waals surface area (Å²) >= 11 is 0. The lowest BCUT2D eigenvalue weighted by Crippen LogP contribution is -2.15. The highest BCUT2D eigenvalue weighted by atomic mass is 16.4. The van der Waals surface area contributed by atoms with Crippen LogP contribution in [0.15, 0.2) is 24.3 Å². The van der Waals surface area contributed by atoms with Crippen LogP contribution in [0.1, 0.15) is 49.1 Å². The van der Waals surface area contributed by atoms with Crippen LogP contribution in [0.4, 0.5) is 0 Å². The molecule has 1 N–H and O–H groups in total. The van der Waals surface area contributed by atoms with Crippen LogP contribution in [0.2, 0.25) is 0 Å². The zero-order valence-corrected chi connectivity index (χ0v) is 10.4. The molecule has 1 atom stereocenters. The predicted octanol–water partition coefficient (Wildman–Crippen LogP) is 3.74. The fourth-order valence-corrected chi connectivity index (χ4v) is 2.76. The van der Waals surface area contributed by atoms with Crippen molar-refractivity contribution in [2.45, 2.75) is 44.9 Å². The van der Waals surface area contributed by atoms with E-state index in [0.29, 0.717) is 5.92 Å². The third-order valence-electron chi connectivity index (χ3n) is 3.82. The van der Waals surface area contributed by atoms with Crippen molar-refractivity contribution < 1.29 is 9.90 Å². The second-order valence-corrected chi connectivity index (χ2v) is 5.19. The first-order valence-electron chi connectivity index (χ1n) is 6.46. The van der Waals surface area contributed by atoms with E-state index < -0.39 is 5.97 Å². The number of rotatable bonds is 4. The van der Waals surface area contributed by atoms with Crippen molar-refractivity contribution in [3.63, 3.8) is 0 Å². The molecular formula is C15H20O2. The third kappa shape index (κ3) is 3.09. The predicted molar refractivity (Wildman–Crippen MR) is 68.1 cm³/mol. The van der Waals surface area contributed by atoms with E-state index in [1.165, 1.54) is 31.2 Å². The van der Waals surface area contributed by atoms with Crippen molar-refractivity contribution in [1.82, 2.24) is 0 Å². The van der Waals surface area contributed by atoms with Gasteiger partial charge in [-0.2, -0.15) is 0 Å². The van der Waals surface area contributed by atoms with Gasteiger partial charge in [-0.1, -0.05) is 55.5 Å². The van der Waals surface area contributed by atoms with Gasteiger partial charge in [-0.15, -0.1) is 0 Å². The molecule has 1 aromatic carbocycles. The first-order chi connectivity index (χ1) is 8.16. The number of carboxylic acids is 1. The van der Waals surface area contributed by atoms with Gasteiger partial charge in [0.2, 0.25) is 0 Å². The molecule has 1 unspecified atom stereocenters. The molecule has 1 aliphatic carbocycles. The Balaban J connectivity index is 2.10. The number of carbonyl (C=O) groups is 1. The molecule has 0 aromatic heterocycles. The zero-order chi connectivity index (χ0) is 12.3. The second kappa shape index (κ2) is 5.35. The number of aliphatic carboxylic acids is 1. The maximum absolute atomic E-state index is 11.4. The van der Waals surface area contributed by atoms with Crippen LogP contribution in [-0.2, 0) is 4.79 Å². The van der Waals surface area contributed by atoms with Gasteiger partial charge in [0.05, 0.1) is 5.92 Å². The molecule has 0 bridgehead atoms. The van der Waals surface area contributed by atoms with Crippen LogP contribution in [0.25, 0.3) is 0 Å². The summed E-state index contributed by atoms with van der Waals surface area (Å²) in [5, 5.41) is 9.36. The van der Waals surface area contributed by atoms with Crippen LogP contribution in [-0.4, -0.2) is 11.1 Å². The summed E-state index contributed by atoms with van der Waals surface area (Å²) in [6.07, 6.45) is 5.75. The molecule has 0 radical (unpaired) electrons. The van der Waals surface area contributed by atoms with Crippen molar-refractivity contribution in [3.05, 3.63) is 35.4 Å². The van der Waals surface area contributed by atoms with E-state index in [1.54, 1.807) is 0 Å². The maximum atomic E-state index is 11.4. The Bertz CT molecular complexity index is 374. The molecule has 1 saturated carbocycles. The minimum absolute atomic E-state index is 0.321. The van der Waals surface area contributed by atoms with E-state index in [0.717, 1.165) is 12.0 Å². The van der Waals surface area contributed by atoms with E-state index in [1.807, 2.05) is 31.2 Å². The van der Waals surface area contributed by atoms with Gasteiger partial charge in [-0.3, -0.25) is 4.79 Å². The standard InChI is InChI=1S/C15H20O2/c1-11-6-8-13(9-7-11)14(15(16)17)10-12-4-2-3-5-12/h6-9,12,14H,2-5,10H2,1H3,(H,16,17). The summed E-state index contributed by atoms with van der Waals surface area (Å²) in [4.78, 5) is 11.4. The minimum atomic E-state index is -0.680. The Hall–Kier alpha value is -1.31. The summed E-state index contributed by atoms with van der Waals surface area (Å²) in [7, 11) is 0. The van der Waals surface area contributed by atoms with Gasteiger partial charge in [0.1, 0.15) is 0 Å². The van der Waals surface area contributed by atoms with Gasteiger partial charge in [0.25, 0.3) is 0 Å².